The molecule has 140 valence electrons. The van der Waals surface area contributed by atoms with Crippen molar-refractivity contribution in [2.75, 3.05) is 18.0 Å². The van der Waals surface area contributed by atoms with Gasteiger partial charge in [0.2, 0.25) is 0 Å². The molecule has 1 aliphatic rings. The molecular formula is C20H21N3O3S. The molecule has 27 heavy (non-hydrogen) atoms. The number of sulfonamides is 1. The molecule has 3 aromatic rings. The van der Waals surface area contributed by atoms with E-state index < -0.39 is 10.0 Å². The fourth-order valence-corrected chi connectivity index (χ4v) is 4.84. The van der Waals surface area contributed by atoms with Gasteiger partial charge in [0, 0.05) is 6.54 Å². The normalized spacial score (nSPS) is 14.5. The molecule has 0 amide bonds. The van der Waals surface area contributed by atoms with Crippen LogP contribution in [0.3, 0.4) is 0 Å². The molecule has 0 N–H and O–H groups in total. The highest BCUT2D eigenvalue weighted by molar-refractivity contribution is 7.92. The van der Waals surface area contributed by atoms with Crippen molar-refractivity contribution < 1.29 is 13.2 Å². The number of rotatable bonds is 4. The molecule has 1 aromatic heterocycles. The van der Waals surface area contributed by atoms with Crippen LogP contribution in [0.25, 0.3) is 5.69 Å². The van der Waals surface area contributed by atoms with Gasteiger partial charge in [0.05, 0.1) is 30.9 Å². The van der Waals surface area contributed by atoms with Crippen LogP contribution >= 0.6 is 0 Å². The summed E-state index contributed by atoms with van der Waals surface area (Å²) in [6, 6.07) is 15.0. The van der Waals surface area contributed by atoms with E-state index in [4.69, 9.17) is 4.74 Å². The number of anilines is 1. The highest BCUT2D eigenvalue weighted by atomic mass is 32.2. The number of para-hydroxylation sites is 1. The Balaban J connectivity index is 1.73. The number of hydrogen-bond acceptors (Lipinski definition) is 4. The molecule has 0 fully saturated rings. The lowest BCUT2D eigenvalue weighted by Crippen LogP contribution is -2.31. The van der Waals surface area contributed by atoms with E-state index >= 15 is 0 Å². The van der Waals surface area contributed by atoms with Crippen LogP contribution in [0.5, 0.6) is 5.75 Å². The van der Waals surface area contributed by atoms with Crippen molar-refractivity contribution in [2.24, 2.45) is 0 Å². The Morgan fingerprint density at radius 2 is 1.89 bits per heavy atom. The number of ether oxygens (including phenoxy) is 1. The van der Waals surface area contributed by atoms with Gasteiger partial charge in [-0.05, 0) is 55.2 Å². The van der Waals surface area contributed by atoms with Crippen molar-refractivity contribution in [3.63, 3.8) is 0 Å². The number of aryl methyl sites for hydroxylation is 1. The van der Waals surface area contributed by atoms with Crippen molar-refractivity contribution in [1.29, 1.82) is 0 Å². The van der Waals surface area contributed by atoms with E-state index in [1.165, 1.54) is 10.5 Å². The summed E-state index contributed by atoms with van der Waals surface area (Å²) in [4.78, 5) is 0.190. The van der Waals surface area contributed by atoms with E-state index in [1.807, 2.05) is 42.5 Å². The van der Waals surface area contributed by atoms with E-state index in [-0.39, 0.29) is 4.90 Å². The van der Waals surface area contributed by atoms with Crippen molar-refractivity contribution in [1.82, 2.24) is 9.78 Å². The largest absolute Gasteiger partial charge is 0.497 e. The van der Waals surface area contributed by atoms with Crippen molar-refractivity contribution in [3.8, 4) is 11.4 Å². The number of fused-ring (bicyclic) bond motifs is 1. The molecule has 2 heterocycles. The molecule has 0 saturated heterocycles. The van der Waals surface area contributed by atoms with Gasteiger partial charge in [0.1, 0.15) is 10.6 Å². The van der Waals surface area contributed by atoms with Crippen LogP contribution in [0, 0.1) is 0 Å². The minimum atomic E-state index is -3.70. The summed E-state index contributed by atoms with van der Waals surface area (Å²) in [5.41, 5.74) is 2.53. The summed E-state index contributed by atoms with van der Waals surface area (Å²) in [6.45, 7) is 0.457. The highest BCUT2D eigenvalue weighted by Crippen LogP contribution is 2.33. The first kappa shape index (κ1) is 17.6. The van der Waals surface area contributed by atoms with Crippen molar-refractivity contribution in [2.45, 2.75) is 24.2 Å². The molecule has 0 saturated carbocycles. The molecular weight excluding hydrogens is 362 g/mol. The van der Waals surface area contributed by atoms with E-state index in [0.29, 0.717) is 6.54 Å². The first-order valence-electron chi connectivity index (χ1n) is 8.89. The predicted octanol–water partition coefficient (Wildman–Crippen LogP) is 3.41. The van der Waals surface area contributed by atoms with Crippen LogP contribution in [0.2, 0.25) is 0 Å². The standard InChI is InChI=1S/C20H21N3O3S/c1-26-18-10-11-20-16(13-18)7-5-6-12-23(20)27(24,25)19-14-21-22(15-19)17-8-3-2-4-9-17/h2-4,8-11,13-15H,5-7,12H2,1H3. The Hall–Kier alpha value is -2.80. The minimum absolute atomic E-state index is 0.190. The van der Waals surface area contributed by atoms with Crippen LogP contribution in [0.4, 0.5) is 5.69 Å². The van der Waals surface area contributed by atoms with E-state index in [1.54, 1.807) is 24.1 Å². The third kappa shape index (κ3) is 3.30. The number of hydrogen-bond donors (Lipinski definition) is 0. The number of benzene rings is 2. The number of methoxy groups -OCH3 is 1. The minimum Gasteiger partial charge on any atom is -0.497 e. The van der Waals surface area contributed by atoms with Gasteiger partial charge in [-0.1, -0.05) is 18.2 Å². The molecule has 6 nitrogen and oxygen atoms in total. The van der Waals surface area contributed by atoms with Gasteiger partial charge in [0.15, 0.2) is 0 Å². The third-order valence-corrected chi connectivity index (χ3v) is 6.55. The zero-order chi connectivity index (χ0) is 18.9. The topological polar surface area (TPSA) is 64.4 Å². The van der Waals surface area contributed by atoms with Crippen LogP contribution in [-0.4, -0.2) is 31.9 Å². The van der Waals surface area contributed by atoms with Gasteiger partial charge in [-0.3, -0.25) is 4.31 Å². The Bertz CT molecular complexity index is 1050. The maximum atomic E-state index is 13.3. The second-order valence-electron chi connectivity index (χ2n) is 6.49. The monoisotopic (exact) mass is 383 g/mol. The second kappa shape index (κ2) is 7.08. The second-order valence-corrected chi connectivity index (χ2v) is 8.35. The molecule has 0 aliphatic carbocycles. The molecule has 1 aliphatic heterocycles. The third-order valence-electron chi connectivity index (χ3n) is 4.78. The zero-order valence-corrected chi connectivity index (χ0v) is 15.9. The average Bonchev–Trinajstić information content (AvgIpc) is 3.10. The molecule has 0 unspecified atom stereocenters. The SMILES string of the molecule is COc1ccc2c(c1)CCCCN2S(=O)(=O)c1cnn(-c2ccccc2)c1. The maximum Gasteiger partial charge on any atom is 0.267 e. The van der Waals surface area contributed by atoms with Crippen molar-refractivity contribution >= 4 is 15.7 Å². The lowest BCUT2D eigenvalue weighted by atomic mass is 10.1. The first-order chi connectivity index (χ1) is 13.1. The summed E-state index contributed by atoms with van der Waals surface area (Å²) in [6.07, 6.45) is 5.56. The molecule has 7 heteroatoms. The Morgan fingerprint density at radius 3 is 2.67 bits per heavy atom. The van der Waals surface area contributed by atoms with Crippen LogP contribution in [0.15, 0.2) is 65.8 Å². The number of nitrogens with zero attached hydrogens (tertiary/aromatic N) is 3. The van der Waals surface area contributed by atoms with Crippen LogP contribution < -0.4 is 9.04 Å². The summed E-state index contributed by atoms with van der Waals surface area (Å²) < 4.78 is 35.1. The maximum absolute atomic E-state index is 13.3. The molecule has 0 bridgehead atoms. The Labute approximate surface area is 159 Å². The number of aromatic nitrogens is 2. The summed E-state index contributed by atoms with van der Waals surface area (Å²) in [5.74, 6) is 0.741. The molecule has 2 aromatic carbocycles. The van der Waals surface area contributed by atoms with Crippen molar-refractivity contribution in [3.05, 3.63) is 66.5 Å². The lowest BCUT2D eigenvalue weighted by molar-refractivity contribution is 0.414. The quantitative estimate of drug-likeness (QED) is 0.693. The molecule has 0 spiro atoms. The average molecular weight is 383 g/mol. The van der Waals surface area contributed by atoms with Crippen LogP contribution in [0.1, 0.15) is 18.4 Å². The Kier molecular flexibility index (Phi) is 4.61. The first-order valence-corrected chi connectivity index (χ1v) is 10.3. The van der Waals surface area contributed by atoms with Crippen LogP contribution in [-0.2, 0) is 16.4 Å². The summed E-state index contributed by atoms with van der Waals surface area (Å²) in [5, 5.41) is 4.25. The van der Waals surface area contributed by atoms with E-state index in [9.17, 15) is 8.42 Å². The highest BCUT2D eigenvalue weighted by Gasteiger charge is 2.29. The van der Waals surface area contributed by atoms with Gasteiger partial charge in [-0.15, -0.1) is 0 Å². The van der Waals surface area contributed by atoms with Gasteiger partial charge >= 0.3 is 0 Å². The fraction of sp³-hybridized carbons (Fsp3) is 0.250. The fourth-order valence-electron chi connectivity index (χ4n) is 3.36. The molecule has 0 atom stereocenters. The molecule has 0 radical (unpaired) electrons. The van der Waals surface area contributed by atoms with E-state index in [2.05, 4.69) is 5.10 Å². The van der Waals surface area contributed by atoms with Gasteiger partial charge in [-0.25, -0.2) is 13.1 Å². The predicted molar refractivity (Wildman–Crippen MR) is 104 cm³/mol. The smallest absolute Gasteiger partial charge is 0.267 e. The Morgan fingerprint density at radius 1 is 1.07 bits per heavy atom. The molecule has 4 rings (SSSR count). The van der Waals surface area contributed by atoms with Gasteiger partial charge in [-0.2, -0.15) is 5.10 Å². The zero-order valence-electron chi connectivity index (χ0n) is 15.1. The summed E-state index contributed by atoms with van der Waals surface area (Å²) >= 11 is 0. The lowest BCUT2D eigenvalue weighted by Gasteiger charge is -2.24. The summed E-state index contributed by atoms with van der Waals surface area (Å²) in [7, 11) is -2.08. The van der Waals surface area contributed by atoms with Gasteiger partial charge < -0.3 is 4.74 Å². The van der Waals surface area contributed by atoms with E-state index in [0.717, 1.165) is 42.0 Å². The van der Waals surface area contributed by atoms with Gasteiger partial charge in [0.25, 0.3) is 10.0 Å².